The fourth-order valence-electron chi connectivity index (χ4n) is 4.41. The molecule has 0 bridgehead atoms. The van der Waals surface area contributed by atoms with Gasteiger partial charge in [0.15, 0.2) is 0 Å². The number of likely N-dealkylation sites (N-methyl/N-ethyl adjacent to an activating group) is 1. The monoisotopic (exact) mass is 465 g/mol. The summed E-state index contributed by atoms with van der Waals surface area (Å²) in [6, 6.07) is 17.4. The Hall–Kier alpha value is -2.86. The Morgan fingerprint density at radius 3 is 2.47 bits per heavy atom. The van der Waals surface area contributed by atoms with Gasteiger partial charge in [-0.05, 0) is 62.5 Å². The van der Waals surface area contributed by atoms with Crippen molar-refractivity contribution in [3.8, 4) is 5.75 Å². The molecular weight excluding hydrogens is 426 g/mol. The van der Waals surface area contributed by atoms with E-state index >= 15 is 0 Å². The van der Waals surface area contributed by atoms with Crippen LogP contribution in [-0.2, 0) is 22.6 Å². The van der Waals surface area contributed by atoms with Gasteiger partial charge in [-0.1, -0.05) is 55.3 Å². The van der Waals surface area contributed by atoms with Crippen LogP contribution < -0.4 is 10.1 Å². The van der Waals surface area contributed by atoms with Crippen LogP contribution in [0.15, 0.2) is 54.6 Å². The maximum absolute atomic E-state index is 13.0. The summed E-state index contributed by atoms with van der Waals surface area (Å²) < 4.78 is 5.84. The Kier molecular flexibility index (Phi) is 10.4. The number of carbonyl (C=O) groups excluding carboxylic acids is 2. The van der Waals surface area contributed by atoms with Crippen LogP contribution in [0.3, 0.4) is 0 Å². The van der Waals surface area contributed by atoms with Crippen LogP contribution in [-0.4, -0.2) is 61.4 Å². The molecular formula is C28H39N3O3. The Balaban J connectivity index is 1.45. The molecule has 6 nitrogen and oxygen atoms in total. The maximum atomic E-state index is 13.0. The van der Waals surface area contributed by atoms with Crippen molar-refractivity contribution in [1.29, 1.82) is 0 Å². The van der Waals surface area contributed by atoms with Crippen LogP contribution in [0.1, 0.15) is 49.7 Å². The molecule has 1 heterocycles. The zero-order valence-corrected chi connectivity index (χ0v) is 20.7. The van der Waals surface area contributed by atoms with E-state index in [-0.39, 0.29) is 17.9 Å². The number of rotatable bonds is 13. The molecule has 184 valence electrons. The summed E-state index contributed by atoms with van der Waals surface area (Å²) in [6.45, 7) is 2.96. The molecule has 2 aromatic carbocycles. The number of carbonyl (C=O) groups is 2. The van der Waals surface area contributed by atoms with Gasteiger partial charge in [-0.25, -0.2) is 0 Å². The molecule has 34 heavy (non-hydrogen) atoms. The van der Waals surface area contributed by atoms with Crippen molar-refractivity contribution >= 4 is 11.8 Å². The number of ether oxygens (including phenoxy) is 1. The minimum absolute atomic E-state index is 0.0225. The van der Waals surface area contributed by atoms with Gasteiger partial charge in [-0.3, -0.25) is 9.59 Å². The number of nitrogens with one attached hydrogen (secondary N) is 1. The second-order valence-corrected chi connectivity index (χ2v) is 9.12. The Bertz CT molecular complexity index is 886. The predicted molar refractivity (Wildman–Crippen MR) is 136 cm³/mol. The molecule has 0 spiro atoms. The number of amides is 2. The highest BCUT2D eigenvalue weighted by Gasteiger charge is 2.35. The van der Waals surface area contributed by atoms with Crippen LogP contribution in [0.4, 0.5) is 0 Å². The van der Waals surface area contributed by atoms with Gasteiger partial charge in [0.1, 0.15) is 18.4 Å². The molecule has 0 aromatic heterocycles. The van der Waals surface area contributed by atoms with Gasteiger partial charge < -0.3 is 19.9 Å². The van der Waals surface area contributed by atoms with E-state index in [0.717, 1.165) is 55.6 Å². The summed E-state index contributed by atoms with van der Waals surface area (Å²) in [5.41, 5.74) is 2.05. The molecule has 1 aliphatic heterocycles. The molecule has 1 unspecified atom stereocenters. The van der Waals surface area contributed by atoms with Gasteiger partial charge in [0.25, 0.3) is 0 Å². The zero-order valence-electron chi connectivity index (χ0n) is 20.7. The average molecular weight is 466 g/mol. The van der Waals surface area contributed by atoms with Crippen LogP contribution in [0.5, 0.6) is 5.75 Å². The summed E-state index contributed by atoms with van der Waals surface area (Å²) >= 11 is 0. The van der Waals surface area contributed by atoms with E-state index < -0.39 is 0 Å². The molecule has 0 saturated carbocycles. The van der Waals surface area contributed by atoms with E-state index in [1.165, 1.54) is 12.8 Å². The Labute approximate surface area is 204 Å². The first-order valence-electron chi connectivity index (χ1n) is 12.5. The fraction of sp³-hybridized carbons (Fsp3) is 0.500. The van der Waals surface area contributed by atoms with E-state index in [1.54, 1.807) is 4.90 Å². The quantitative estimate of drug-likeness (QED) is 0.454. The van der Waals surface area contributed by atoms with Gasteiger partial charge in [0, 0.05) is 20.1 Å². The third-order valence-corrected chi connectivity index (χ3v) is 6.43. The lowest BCUT2D eigenvalue weighted by atomic mass is 10.1. The average Bonchev–Trinajstić information content (AvgIpc) is 3.36. The summed E-state index contributed by atoms with van der Waals surface area (Å²) in [5, 5.41) is 3.16. The lowest BCUT2D eigenvalue weighted by Gasteiger charge is -2.28. The van der Waals surface area contributed by atoms with Crippen LogP contribution in [0.25, 0.3) is 0 Å². The van der Waals surface area contributed by atoms with Crippen molar-refractivity contribution in [1.82, 2.24) is 15.1 Å². The molecule has 1 N–H and O–H groups in total. The second-order valence-electron chi connectivity index (χ2n) is 9.12. The predicted octanol–water partition coefficient (Wildman–Crippen LogP) is 4.04. The first-order valence-corrected chi connectivity index (χ1v) is 12.5. The Morgan fingerprint density at radius 1 is 1.00 bits per heavy atom. The van der Waals surface area contributed by atoms with Crippen molar-refractivity contribution in [2.45, 2.75) is 57.6 Å². The van der Waals surface area contributed by atoms with E-state index in [0.29, 0.717) is 19.6 Å². The van der Waals surface area contributed by atoms with Gasteiger partial charge >= 0.3 is 0 Å². The molecule has 1 fully saturated rings. The number of hydrogen-bond acceptors (Lipinski definition) is 4. The molecule has 3 rings (SSSR count). The lowest BCUT2D eigenvalue weighted by molar-refractivity contribution is -0.142. The number of nitrogens with zero attached hydrogens (tertiary/aromatic N) is 2. The number of likely N-dealkylation sites (tertiary alicyclic amines) is 1. The first kappa shape index (κ1) is 25.8. The topological polar surface area (TPSA) is 61.9 Å². The highest BCUT2D eigenvalue weighted by molar-refractivity contribution is 5.89. The third kappa shape index (κ3) is 7.87. The molecule has 1 aliphatic rings. The van der Waals surface area contributed by atoms with Crippen LogP contribution >= 0.6 is 0 Å². The molecule has 6 heteroatoms. The minimum atomic E-state index is -0.324. The highest BCUT2D eigenvalue weighted by Crippen LogP contribution is 2.22. The lowest BCUT2D eigenvalue weighted by Crippen LogP contribution is -2.47. The zero-order chi connectivity index (χ0) is 24.2. The van der Waals surface area contributed by atoms with Crippen molar-refractivity contribution in [3.63, 3.8) is 0 Å². The SMILES string of the molecule is CNCCCCCCN(C)C(=O)C1CCCN1C(=O)Cc1ccc(OCc2ccccc2)cc1. The summed E-state index contributed by atoms with van der Waals surface area (Å²) in [7, 11) is 3.84. The molecule has 0 radical (unpaired) electrons. The van der Waals surface area contributed by atoms with Gasteiger partial charge in [-0.15, -0.1) is 0 Å². The largest absolute Gasteiger partial charge is 0.489 e. The van der Waals surface area contributed by atoms with Crippen LogP contribution in [0.2, 0.25) is 0 Å². The van der Waals surface area contributed by atoms with Crippen molar-refractivity contribution < 1.29 is 14.3 Å². The number of benzene rings is 2. The van der Waals surface area contributed by atoms with Crippen molar-refractivity contribution in [2.24, 2.45) is 0 Å². The molecule has 1 atom stereocenters. The van der Waals surface area contributed by atoms with E-state index in [1.807, 2.05) is 73.6 Å². The molecule has 1 saturated heterocycles. The van der Waals surface area contributed by atoms with Gasteiger partial charge in [0.05, 0.1) is 6.42 Å². The normalized spacial score (nSPS) is 15.4. The number of unbranched alkanes of at least 4 members (excludes halogenated alkanes) is 3. The highest BCUT2D eigenvalue weighted by atomic mass is 16.5. The minimum Gasteiger partial charge on any atom is -0.489 e. The summed E-state index contributed by atoms with van der Waals surface area (Å²) in [4.78, 5) is 29.6. The summed E-state index contributed by atoms with van der Waals surface area (Å²) in [5.74, 6) is 0.877. The molecule has 0 aliphatic carbocycles. The van der Waals surface area contributed by atoms with E-state index in [9.17, 15) is 9.59 Å². The van der Waals surface area contributed by atoms with Gasteiger partial charge in [-0.2, -0.15) is 0 Å². The number of hydrogen-bond donors (Lipinski definition) is 1. The standard InChI is InChI=1S/C28H39N3O3/c1-29-18-8-3-4-9-19-30(2)28(33)26-13-10-20-31(26)27(32)21-23-14-16-25(17-15-23)34-22-24-11-6-5-7-12-24/h5-7,11-12,14-17,26,29H,3-4,8-10,13,18-22H2,1-2H3. The van der Waals surface area contributed by atoms with E-state index in [4.69, 9.17) is 4.74 Å². The third-order valence-electron chi connectivity index (χ3n) is 6.43. The van der Waals surface area contributed by atoms with Crippen molar-refractivity contribution in [2.75, 3.05) is 33.7 Å². The van der Waals surface area contributed by atoms with Crippen molar-refractivity contribution in [3.05, 3.63) is 65.7 Å². The van der Waals surface area contributed by atoms with Crippen LogP contribution in [0, 0.1) is 0 Å². The first-order chi connectivity index (χ1) is 16.6. The van der Waals surface area contributed by atoms with Gasteiger partial charge in [0.2, 0.25) is 11.8 Å². The second kappa shape index (κ2) is 13.8. The fourth-order valence-corrected chi connectivity index (χ4v) is 4.41. The molecule has 2 amide bonds. The summed E-state index contributed by atoms with van der Waals surface area (Å²) in [6.07, 6.45) is 6.41. The molecule has 2 aromatic rings. The maximum Gasteiger partial charge on any atom is 0.245 e. The van der Waals surface area contributed by atoms with E-state index in [2.05, 4.69) is 5.32 Å². The Morgan fingerprint density at radius 2 is 1.74 bits per heavy atom. The smallest absolute Gasteiger partial charge is 0.245 e.